The number of aliphatic hydroxyl groups is 1. The van der Waals surface area contributed by atoms with Crippen molar-refractivity contribution in [3.63, 3.8) is 0 Å². The minimum atomic E-state index is -0.635. The second-order valence-corrected chi connectivity index (χ2v) is 7.19. The lowest BCUT2D eigenvalue weighted by atomic mass is 9.96. The molecular formula is C22H23N3O3. The number of pyridine rings is 1. The van der Waals surface area contributed by atoms with Crippen molar-refractivity contribution in [3.05, 3.63) is 71.6 Å². The Morgan fingerprint density at radius 2 is 1.68 bits per heavy atom. The molecule has 2 saturated heterocycles. The van der Waals surface area contributed by atoms with Crippen LogP contribution in [0.4, 0.5) is 0 Å². The SMILES string of the molecule is O=C1C(=O)N(CCN2CCCC2)C(c2ccncc2)/C1=C(\O)c1ccccc1. The molecule has 0 bridgehead atoms. The summed E-state index contributed by atoms with van der Waals surface area (Å²) < 4.78 is 0. The van der Waals surface area contributed by atoms with Crippen LogP contribution in [-0.4, -0.2) is 57.8 Å². The Bertz CT molecular complexity index is 890. The van der Waals surface area contributed by atoms with Crippen LogP contribution in [0, 0.1) is 0 Å². The predicted molar refractivity (Wildman–Crippen MR) is 105 cm³/mol. The van der Waals surface area contributed by atoms with E-state index in [1.807, 2.05) is 6.07 Å². The number of Topliss-reactive ketones (excluding diaryl/α,β-unsaturated/α-hetero) is 1. The smallest absolute Gasteiger partial charge is 0.295 e. The van der Waals surface area contributed by atoms with Crippen molar-refractivity contribution in [3.8, 4) is 0 Å². The quantitative estimate of drug-likeness (QED) is 0.493. The van der Waals surface area contributed by atoms with Crippen LogP contribution >= 0.6 is 0 Å². The third-order valence-corrected chi connectivity index (χ3v) is 5.46. The van der Waals surface area contributed by atoms with E-state index in [4.69, 9.17) is 0 Å². The molecule has 2 aromatic rings. The van der Waals surface area contributed by atoms with E-state index in [9.17, 15) is 14.7 Å². The maximum Gasteiger partial charge on any atom is 0.295 e. The molecule has 4 rings (SSSR count). The van der Waals surface area contributed by atoms with Gasteiger partial charge in [-0.1, -0.05) is 30.3 Å². The van der Waals surface area contributed by atoms with E-state index in [0.717, 1.165) is 25.2 Å². The van der Waals surface area contributed by atoms with Gasteiger partial charge in [0.1, 0.15) is 5.76 Å². The summed E-state index contributed by atoms with van der Waals surface area (Å²) in [5.41, 5.74) is 1.44. The van der Waals surface area contributed by atoms with Gasteiger partial charge < -0.3 is 14.9 Å². The third kappa shape index (κ3) is 3.43. The number of carbonyl (C=O) groups excluding carboxylic acids is 2. The Morgan fingerprint density at radius 1 is 1.00 bits per heavy atom. The third-order valence-electron chi connectivity index (χ3n) is 5.46. The molecule has 144 valence electrons. The molecule has 1 atom stereocenters. The molecule has 1 N–H and O–H groups in total. The monoisotopic (exact) mass is 377 g/mol. The minimum absolute atomic E-state index is 0.135. The Balaban J connectivity index is 1.74. The number of carbonyl (C=O) groups is 2. The first kappa shape index (κ1) is 18.4. The summed E-state index contributed by atoms with van der Waals surface area (Å²) in [6, 6.07) is 11.9. The summed E-state index contributed by atoms with van der Waals surface area (Å²) in [5.74, 6) is -1.33. The highest BCUT2D eigenvalue weighted by Gasteiger charge is 2.46. The van der Waals surface area contributed by atoms with E-state index in [-0.39, 0.29) is 11.3 Å². The summed E-state index contributed by atoms with van der Waals surface area (Å²) in [4.78, 5) is 33.6. The average molecular weight is 377 g/mol. The van der Waals surface area contributed by atoms with Gasteiger partial charge in [0.05, 0.1) is 11.6 Å². The fourth-order valence-corrected chi connectivity index (χ4v) is 4.01. The lowest BCUT2D eigenvalue weighted by molar-refractivity contribution is -0.140. The fourth-order valence-electron chi connectivity index (χ4n) is 4.01. The molecule has 0 spiro atoms. The van der Waals surface area contributed by atoms with E-state index >= 15 is 0 Å². The topological polar surface area (TPSA) is 73.7 Å². The molecule has 6 heteroatoms. The summed E-state index contributed by atoms with van der Waals surface area (Å²) in [5, 5.41) is 10.9. The summed E-state index contributed by atoms with van der Waals surface area (Å²) in [7, 11) is 0. The van der Waals surface area contributed by atoms with Crippen molar-refractivity contribution < 1.29 is 14.7 Å². The maximum absolute atomic E-state index is 12.9. The first-order valence-electron chi connectivity index (χ1n) is 9.63. The molecule has 1 aromatic carbocycles. The number of likely N-dealkylation sites (tertiary alicyclic amines) is 2. The Morgan fingerprint density at radius 3 is 2.36 bits per heavy atom. The first-order valence-corrected chi connectivity index (χ1v) is 9.63. The number of amides is 1. The molecule has 2 aliphatic rings. The molecule has 3 heterocycles. The van der Waals surface area contributed by atoms with Gasteiger partial charge in [-0.05, 0) is 43.6 Å². The van der Waals surface area contributed by atoms with E-state index in [2.05, 4.69) is 9.88 Å². The van der Waals surface area contributed by atoms with Gasteiger partial charge in [0.15, 0.2) is 0 Å². The van der Waals surface area contributed by atoms with Crippen LogP contribution in [0.1, 0.15) is 30.0 Å². The number of aromatic nitrogens is 1. The van der Waals surface area contributed by atoms with Crippen molar-refractivity contribution in [2.75, 3.05) is 26.2 Å². The maximum atomic E-state index is 12.9. The number of benzene rings is 1. The highest BCUT2D eigenvalue weighted by Crippen LogP contribution is 2.39. The molecule has 0 radical (unpaired) electrons. The normalized spacial score (nSPS) is 22.1. The fraction of sp³-hybridized carbons (Fsp3) is 0.318. The van der Waals surface area contributed by atoms with Gasteiger partial charge in [0.25, 0.3) is 11.7 Å². The predicted octanol–water partition coefficient (Wildman–Crippen LogP) is 2.60. The van der Waals surface area contributed by atoms with Gasteiger partial charge in [-0.15, -0.1) is 0 Å². The molecule has 1 amide bonds. The number of hydrogen-bond donors (Lipinski definition) is 1. The van der Waals surface area contributed by atoms with E-state index in [0.29, 0.717) is 12.1 Å². The number of hydrogen-bond acceptors (Lipinski definition) is 5. The van der Waals surface area contributed by atoms with E-state index in [1.165, 1.54) is 12.8 Å². The largest absolute Gasteiger partial charge is 0.507 e. The van der Waals surface area contributed by atoms with Gasteiger partial charge in [0, 0.05) is 31.0 Å². The van der Waals surface area contributed by atoms with E-state index in [1.54, 1.807) is 53.7 Å². The average Bonchev–Trinajstić information content (AvgIpc) is 3.34. The lowest BCUT2D eigenvalue weighted by Crippen LogP contribution is -2.37. The van der Waals surface area contributed by atoms with Crippen LogP contribution in [0.25, 0.3) is 5.76 Å². The zero-order chi connectivity index (χ0) is 19.5. The molecule has 1 aromatic heterocycles. The zero-order valence-corrected chi connectivity index (χ0v) is 15.6. The van der Waals surface area contributed by atoms with E-state index < -0.39 is 17.7 Å². The molecule has 28 heavy (non-hydrogen) atoms. The Kier molecular flexibility index (Phi) is 5.21. The van der Waals surface area contributed by atoms with Crippen molar-refractivity contribution >= 4 is 17.4 Å². The van der Waals surface area contributed by atoms with Gasteiger partial charge >= 0.3 is 0 Å². The van der Waals surface area contributed by atoms with Gasteiger partial charge in [0.2, 0.25) is 0 Å². The standard InChI is InChI=1S/C22H23N3O3/c26-20(17-6-2-1-3-7-17)18-19(16-8-10-23-11-9-16)25(22(28)21(18)27)15-14-24-12-4-5-13-24/h1-3,6-11,19,26H,4-5,12-15H2/b20-18+. The van der Waals surface area contributed by atoms with Gasteiger partial charge in [-0.3, -0.25) is 14.6 Å². The minimum Gasteiger partial charge on any atom is -0.507 e. The summed E-state index contributed by atoms with van der Waals surface area (Å²) in [6.45, 7) is 3.21. The number of ketones is 1. The first-order chi connectivity index (χ1) is 13.7. The second-order valence-electron chi connectivity index (χ2n) is 7.19. The van der Waals surface area contributed by atoms with Gasteiger partial charge in [-0.25, -0.2) is 0 Å². The number of aliphatic hydroxyl groups excluding tert-OH is 1. The Hall–Kier alpha value is -2.99. The highest BCUT2D eigenvalue weighted by molar-refractivity contribution is 6.46. The summed E-state index contributed by atoms with van der Waals surface area (Å²) >= 11 is 0. The highest BCUT2D eigenvalue weighted by atomic mass is 16.3. The van der Waals surface area contributed by atoms with Crippen LogP contribution in [0.2, 0.25) is 0 Å². The zero-order valence-electron chi connectivity index (χ0n) is 15.6. The van der Waals surface area contributed by atoms with Crippen molar-refractivity contribution in [2.24, 2.45) is 0 Å². The van der Waals surface area contributed by atoms with Crippen molar-refractivity contribution in [2.45, 2.75) is 18.9 Å². The Labute approximate surface area is 164 Å². The molecular weight excluding hydrogens is 354 g/mol. The molecule has 2 aliphatic heterocycles. The summed E-state index contributed by atoms with van der Waals surface area (Å²) in [6.07, 6.45) is 5.61. The number of nitrogens with zero attached hydrogens (tertiary/aromatic N) is 3. The van der Waals surface area contributed by atoms with Crippen molar-refractivity contribution in [1.29, 1.82) is 0 Å². The molecule has 0 saturated carbocycles. The molecule has 1 unspecified atom stereocenters. The van der Waals surface area contributed by atoms with Crippen LogP contribution < -0.4 is 0 Å². The number of rotatable bonds is 5. The molecule has 2 fully saturated rings. The van der Waals surface area contributed by atoms with Crippen LogP contribution in [0.15, 0.2) is 60.4 Å². The van der Waals surface area contributed by atoms with Crippen LogP contribution in [0.5, 0.6) is 0 Å². The molecule has 0 aliphatic carbocycles. The second kappa shape index (κ2) is 7.94. The van der Waals surface area contributed by atoms with Gasteiger partial charge in [-0.2, -0.15) is 0 Å². The lowest BCUT2D eigenvalue weighted by Gasteiger charge is -2.27. The van der Waals surface area contributed by atoms with Crippen LogP contribution in [-0.2, 0) is 9.59 Å². The van der Waals surface area contributed by atoms with Crippen molar-refractivity contribution in [1.82, 2.24) is 14.8 Å². The van der Waals surface area contributed by atoms with Crippen LogP contribution in [0.3, 0.4) is 0 Å². The molecule has 6 nitrogen and oxygen atoms in total.